The van der Waals surface area contributed by atoms with Crippen molar-refractivity contribution < 1.29 is 23.9 Å². The fourth-order valence-corrected chi connectivity index (χ4v) is 3.18. The van der Waals surface area contributed by atoms with Crippen LogP contribution in [0.3, 0.4) is 0 Å². The van der Waals surface area contributed by atoms with Gasteiger partial charge in [-0.15, -0.1) is 0 Å². The van der Waals surface area contributed by atoms with Crippen LogP contribution in [0.1, 0.15) is 40.5 Å². The number of amides is 2. The van der Waals surface area contributed by atoms with Crippen molar-refractivity contribution in [2.24, 2.45) is 0 Å². The fourth-order valence-electron chi connectivity index (χ4n) is 3.18. The van der Waals surface area contributed by atoms with Crippen molar-refractivity contribution >= 4 is 23.5 Å². The molecule has 7 heteroatoms. The quantitative estimate of drug-likeness (QED) is 0.324. The number of carbonyl (C=O) groups is 3. The maximum absolute atomic E-state index is 12.8. The first-order valence-electron chi connectivity index (χ1n) is 10.9. The number of para-hydroxylation sites is 1. The molecule has 1 aromatic heterocycles. The second-order valence-electron chi connectivity index (χ2n) is 7.80. The number of allylic oxidation sites excluding steroid dienone is 4. The SMILES string of the molecule is C=C(/C=C\C=C(/C)CCC(=O)O)NC(=O)c1ccccc1NC(=O)c1ccc(-c2ccco2)cc1. The molecule has 3 rings (SSSR count). The molecule has 0 aliphatic rings. The second kappa shape index (κ2) is 12.0. The molecular formula is C28H26N2O5. The molecule has 0 saturated carbocycles. The number of carbonyl (C=O) groups excluding carboxylic acids is 2. The van der Waals surface area contributed by atoms with E-state index in [0.29, 0.717) is 29.1 Å². The maximum atomic E-state index is 12.8. The molecule has 0 aliphatic heterocycles. The first kappa shape index (κ1) is 25.0. The zero-order chi connectivity index (χ0) is 25.2. The van der Waals surface area contributed by atoms with E-state index in [9.17, 15) is 14.4 Å². The van der Waals surface area contributed by atoms with Crippen LogP contribution < -0.4 is 10.6 Å². The van der Waals surface area contributed by atoms with E-state index in [1.54, 1.807) is 79.1 Å². The van der Waals surface area contributed by atoms with Crippen LogP contribution in [0.5, 0.6) is 0 Å². The van der Waals surface area contributed by atoms with E-state index in [4.69, 9.17) is 9.52 Å². The number of benzene rings is 2. The Labute approximate surface area is 203 Å². The lowest BCUT2D eigenvalue weighted by Gasteiger charge is -2.12. The minimum atomic E-state index is -0.852. The van der Waals surface area contributed by atoms with Gasteiger partial charge in [0.1, 0.15) is 5.76 Å². The van der Waals surface area contributed by atoms with Crippen molar-refractivity contribution in [1.82, 2.24) is 5.32 Å². The van der Waals surface area contributed by atoms with E-state index < -0.39 is 11.9 Å². The van der Waals surface area contributed by atoms with Crippen LogP contribution in [-0.4, -0.2) is 22.9 Å². The molecule has 2 aromatic carbocycles. The Morgan fingerprint density at radius 3 is 2.40 bits per heavy atom. The summed E-state index contributed by atoms with van der Waals surface area (Å²) < 4.78 is 5.36. The van der Waals surface area contributed by atoms with Gasteiger partial charge < -0.3 is 20.2 Å². The number of carboxylic acid groups (broad SMARTS) is 1. The molecule has 0 radical (unpaired) electrons. The van der Waals surface area contributed by atoms with Crippen molar-refractivity contribution in [2.75, 3.05) is 5.32 Å². The van der Waals surface area contributed by atoms with Crippen LogP contribution in [-0.2, 0) is 4.79 Å². The van der Waals surface area contributed by atoms with Crippen LogP contribution in [0.25, 0.3) is 11.3 Å². The molecule has 0 atom stereocenters. The zero-order valence-electron chi connectivity index (χ0n) is 19.3. The molecule has 0 spiro atoms. The monoisotopic (exact) mass is 470 g/mol. The van der Waals surface area contributed by atoms with Gasteiger partial charge in [0.25, 0.3) is 11.8 Å². The van der Waals surface area contributed by atoms with Gasteiger partial charge >= 0.3 is 5.97 Å². The molecule has 0 saturated heterocycles. The lowest BCUT2D eigenvalue weighted by atomic mass is 10.1. The maximum Gasteiger partial charge on any atom is 0.303 e. The van der Waals surface area contributed by atoms with E-state index in [-0.39, 0.29) is 17.9 Å². The van der Waals surface area contributed by atoms with Crippen LogP contribution in [0.2, 0.25) is 0 Å². The first-order chi connectivity index (χ1) is 16.8. The number of carboxylic acids is 1. The third kappa shape index (κ3) is 7.43. The number of aliphatic carboxylic acids is 1. The highest BCUT2D eigenvalue weighted by atomic mass is 16.4. The predicted octanol–water partition coefficient (Wildman–Crippen LogP) is 5.81. The third-order valence-electron chi connectivity index (χ3n) is 5.06. The highest BCUT2D eigenvalue weighted by Gasteiger charge is 2.14. The van der Waals surface area contributed by atoms with Gasteiger partial charge in [-0.25, -0.2) is 0 Å². The van der Waals surface area contributed by atoms with E-state index in [1.165, 1.54) is 0 Å². The number of nitrogens with one attached hydrogen (secondary N) is 2. The lowest BCUT2D eigenvalue weighted by molar-refractivity contribution is -0.136. The fraction of sp³-hybridized carbons (Fsp3) is 0.107. The Kier molecular flexibility index (Phi) is 8.56. The van der Waals surface area contributed by atoms with E-state index >= 15 is 0 Å². The Hall–Kier alpha value is -4.65. The summed E-state index contributed by atoms with van der Waals surface area (Å²) in [6.07, 6.45) is 7.17. The number of rotatable bonds is 10. The Morgan fingerprint density at radius 1 is 0.971 bits per heavy atom. The van der Waals surface area contributed by atoms with Crippen LogP contribution >= 0.6 is 0 Å². The van der Waals surface area contributed by atoms with E-state index in [0.717, 1.165) is 11.1 Å². The molecule has 0 fully saturated rings. The van der Waals surface area contributed by atoms with Gasteiger partial charge in [-0.05, 0) is 55.8 Å². The van der Waals surface area contributed by atoms with Crippen molar-refractivity contribution in [3.05, 3.63) is 114 Å². The molecule has 3 N–H and O–H groups in total. The number of furan rings is 1. The average molecular weight is 471 g/mol. The zero-order valence-corrected chi connectivity index (χ0v) is 19.3. The average Bonchev–Trinajstić information content (AvgIpc) is 3.38. The summed E-state index contributed by atoms with van der Waals surface area (Å²) in [5.41, 5.74) is 3.19. The molecule has 178 valence electrons. The van der Waals surface area contributed by atoms with Gasteiger partial charge in [-0.1, -0.05) is 48.6 Å². The summed E-state index contributed by atoms with van der Waals surface area (Å²) in [6.45, 7) is 5.65. The van der Waals surface area contributed by atoms with Gasteiger partial charge in [0.2, 0.25) is 0 Å². The summed E-state index contributed by atoms with van der Waals surface area (Å²) in [7, 11) is 0. The summed E-state index contributed by atoms with van der Waals surface area (Å²) in [4.78, 5) is 36.2. The normalized spacial score (nSPS) is 11.3. The topological polar surface area (TPSA) is 109 Å². The molecule has 0 unspecified atom stereocenters. The van der Waals surface area contributed by atoms with Gasteiger partial charge in [0, 0.05) is 23.2 Å². The molecular weight excluding hydrogens is 444 g/mol. The largest absolute Gasteiger partial charge is 0.481 e. The minimum Gasteiger partial charge on any atom is -0.481 e. The van der Waals surface area contributed by atoms with Crippen molar-refractivity contribution in [3.8, 4) is 11.3 Å². The van der Waals surface area contributed by atoms with Gasteiger partial charge in [0.15, 0.2) is 0 Å². The Bertz CT molecular complexity index is 1270. The predicted molar refractivity (Wildman–Crippen MR) is 135 cm³/mol. The van der Waals surface area contributed by atoms with Crippen molar-refractivity contribution in [2.45, 2.75) is 19.8 Å². The number of hydrogen-bond donors (Lipinski definition) is 3. The smallest absolute Gasteiger partial charge is 0.303 e. The minimum absolute atomic E-state index is 0.0600. The van der Waals surface area contributed by atoms with Crippen LogP contribution in [0.4, 0.5) is 5.69 Å². The van der Waals surface area contributed by atoms with Crippen LogP contribution in [0, 0.1) is 0 Å². The summed E-state index contributed by atoms with van der Waals surface area (Å²) >= 11 is 0. The van der Waals surface area contributed by atoms with Crippen LogP contribution in [0.15, 0.2) is 107 Å². The number of anilines is 1. The standard InChI is InChI=1S/C28H26N2O5/c1-19(12-17-26(31)32)7-5-8-20(2)29-28(34)23-9-3-4-10-24(23)30-27(33)22-15-13-21(14-16-22)25-11-6-18-35-25/h3-11,13-16,18H,2,12,17H2,1H3,(H,29,34)(H,30,33)(H,31,32)/b8-5-,19-7+. The molecule has 1 heterocycles. The molecule has 0 bridgehead atoms. The van der Waals surface area contributed by atoms with Crippen molar-refractivity contribution in [1.29, 1.82) is 0 Å². The van der Waals surface area contributed by atoms with Gasteiger partial charge in [-0.2, -0.15) is 0 Å². The van der Waals surface area contributed by atoms with Gasteiger partial charge in [-0.3, -0.25) is 14.4 Å². The first-order valence-corrected chi connectivity index (χ1v) is 10.9. The lowest BCUT2D eigenvalue weighted by Crippen LogP contribution is -2.23. The molecule has 3 aromatic rings. The summed E-state index contributed by atoms with van der Waals surface area (Å²) in [5.74, 6) is -0.915. The summed E-state index contributed by atoms with van der Waals surface area (Å²) in [5, 5.41) is 14.2. The highest BCUT2D eigenvalue weighted by molar-refractivity contribution is 6.09. The van der Waals surface area contributed by atoms with Gasteiger partial charge in [0.05, 0.1) is 17.5 Å². The Balaban J connectivity index is 1.63. The molecule has 7 nitrogen and oxygen atoms in total. The molecule has 35 heavy (non-hydrogen) atoms. The highest BCUT2D eigenvalue weighted by Crippen LogP contribution is 2.21. The third-order valence-corrected chi connectivity index (χ3v) is 5.06. The number of hydrogen-bond acceptors (Lipinski definition) is 4. The van der Waals surface area contributed by atoms with E-state index in [1.807, 2.05) is 13.0 Å². The second-order valence-corrected chi connectivity index (χ2v) is 7.80. The Morgan fingerprint density at radius 2 is 1.71 bits per heavy atom. The molecule has 0 aliphatic carbocycles. The van der Waals surface area contributed by atoms with E-state index in [2.05, 4.69) is 17.2 Å². The molecule has 2 amide bonds. The van der Waals surface area contributed by atoms with Crippen molar-refractivity contribution in [3.63, 3.8) is 0 Å². The summed E-state index contributed by atoms with van der Waals surface area (Å²) in [6, 6.07) is 17.3.